The second-order valence-electron chi connectivity index (χ2n) is 9.63. The molecule has 1 amide bonds. The van der Waals surface area contributed by atoms with Gasteiger partial charge in [0.1, 0.15) is 17.9 Å². The lowest BCUT2D eigenvalue weighted by molar-refractivity contribution is -0.117. The molecule has 8 heteroatoms. The maximum Gasteiger partial charge on any atom is 0.296 e. The van der Waals surface area contributed by atoms with Crippen LogP contribution in [-0.4, -0.2) is 21.8 Å². The van der Waals surface area contributed by atoms with Crippen LogP contribution >= 0.6 is 11.3 Å². The van der Waals surface area contributed by atoms with Crippen molar-refractivity contribution in [1.29, 1.82) is 0 Å². The standard InChI is InChI=1S/C33H22N2O5S/c36-30(26-18-22-10-4-6-12-25(22)40-26)28-29(21-14-16-23(17-15-21)39-19-20-8-2-1-3-9-20)35(32(38)31(28)37)33-34-24-11-5-7-13-27(24)41-33/h1-18,29,37H,19H2. The van der Waals surface area contributed by atoms with Gasteiger partial charge in [-0.15, -0.1) is 0 Å². The molecule has 1 aliphatic heterocycles. The van der Waals surface area contributed by atoms with Crippen molar-refractivity contribution in [1.82, 2.24) is 4.98 Å². The number of anilines is 1. The molecule has 4 aromatic carbocycles. The monoisotopic (exact) mass is 558 g/mol. The molecule has 200 valence electrons. The molecule has 7 nitrogen and oxygen atoms in total. The first-order valence-electron chi connectivity index (χ1n) is 13.0. The van der Waals surface area contributed by atoms with E-state index in [1.165, 1.54) is 16.2 Å². The Bertz CT molecular complexity index is 1890. The van der Waals surface area contributed by atoms with Gasteiger partial charge in [-0.1, -0.05) is 84.1 Å². The molecule has 1 aliphatic rings. The maximum absolute atomic E-state index is 13.9. The highest BCUT2D eigenvalue weighted by atomic mass is 32.1. The summed E-state index contributed by atoms with van der Waals surface area (Å²) in [5.74, 6) is -1.21. The van der Waals surface area contributed by atoms with E-state index in [0.717, 1.165) is 21.2 Å². The van der Waals surface area contributed by atoms with Crippen molar-refractivity contribution in [2.45, 2.75) is 12.6 Å². The highest BCUT2D eigenvalue weighted by molar-refractivity contribution is 7.22. The number of aliphatic hydroxyl groups excluding tert-OH is 1. The molecular weight excluding hydrogens is 536 g/mol. The summed E-state index contributed by atoms with van der Waals surface area (Å²) in [5, 5.41) is 12.3. The first-order valence-corrected chi connectivity index (χ1v) is 13.8. The first kappa shape index (κ1) is 24.8. The number of para-hydroxylation sites is 2. The number of hydrogen-bond acceptors (Lipinski definition) is 7. The van der Waals surface area contributed by atoms with Crippen molar-refractivity contribution in [2.24, 2.45) is 0 Å². The van der Waals surface area contributed by atoms with Gasteiger partial charge in [-0.05, 0) is 47.5 Å². The molecule has 0 bridgehead atoms. The second-order valence-corrected chi connectivity index (χ2v) is 10.6. The van der Waals surface area contributed by atoms with E-state index in [0.29, 0.717) is 28.6 Å². The molecule has 7 rings (SSSR count). The molecule has 2 aromatic heterocycles. The fourth-order valence-corrected chi connectivity index (χ4v) is 6.02. The number of hydrogen-bond donors (Lipinski definition) is 1. The third-order valence-corrected chi connectivity index (χ3v) is 8.07. The van der Waals surface area contributed by atoms with E-state index in [1.807, 2.05) is 72.8 Å². The van der Waals surface area contributed by atoms with E-state index in [2.05, 4.69) is 4.98 Å². The van der Waals surface area contributed by atoms with Crippen molar-refractivity contribution < 1.29 is 23.8 Å². The van der Waals surface area contributed by atoms with E-state index >= 15 is 0 Å². The Morgan fingerprint density at radius 2 is 1.66 bits per heavy atom. The number of Topliss-reactive ketones (excluding diaryl/α,β-unsaturated/α-hetero) is 1. The number of benzene rings is 4. The molecule has 41 heavy (non-hydrogen) atoms. The fourth-order valence-electron chi connectivity index (χ4n) is 5.03. The summed E-state index contributed by atoms with van der Waals surface area (Å²) in [6.07, 6.45) is 0. The normalized spacial score (nSPS) is 15.3. The lowest BCUT2D eigenvalue weighted by Gasteiger charge is -2.24. The van der Waals surface area contributed by atoms with E-state index in [4.69, 9.17) is 9.15 Å². The van der Waals surface area contributed by atoms with Gasteiger partial charge in [0.2, 0.25) is 5.78 Å². The molecule has 0 saturated heterocycles. The van der Waals surface area contributed by atoms with Crippen molar-refractivity contribution in [2.75, 3.05) is 4.90 Å². The number of carbonyl (C=O) groups is 2. The minimum absolute atomic E-state index is 0.0412. The molecule has 0 spiro atoms. The van der Waals surface area contributed by atoms with Crippen LogP contribution in [0, 0.1) is 0 Å². The first-order chi connectivity index (χ1) is 20.1. The zero-order valence-corrected chi connectivity index (χ0v) is 22.4. The van der Waals surface area contributed by atoms with Crippen LogP contribution in [0.1, 0.15) is 27.7 Å². The topological polar surface area (TPSA) is 92.9 Å². The number of carbonyl (C=O) groups excluding carboxylic acids is 2. The molecule has 1 atom stereocenters. The Morgan fingerprint density at radius 1 is 0.927 bits per heavy atom. The zero-order valence-electron chi connectivity index (χ0n) is 21.6. The molecule has 1 N–H and O–H groups in total. The van der Waals surface area contributed by atoms with Gasteiger partial charge in [-0.2, -0.15) is 0 Å². The fraction of sp³-hybridized carbons (Fsp3) is 0.0606. The average molecular weight is 559 g/mol. The summed E-state index contributed by atoms with van der Waals surface area (Å²) < 4.78 is 12.7. The number of nitrogens with zero attached hydrogens (tertiary/aromatic N) is 2. The van der Waals surface area contributed by atoms with Crippen LogP contribution < -0.4 is 9.64 Å². The van der Waals surface area contributed by atoms with Crippen molar-refractivity contribution >= 4 is 49.3 Å². The molecule has 3 heterocycles. The van der Waals surface area contributed by atoms with Crippen LogP contribution in [0.4, 0.5) is 5.13 Å². The Balaban J connectivity index is 1.28. The summed E-state index contributed by atoms with van der Waals surface area (Å²) in [6.45, 7) is 0.399. The quantitative estimate of drug-likeness (QED) is 0.205. The highest BCUT2D eigenvalue weighted by Crippen LogP contribution is 2.44. The Labute approximate surface area is 238 Å². The number of aromatic nitrogens is 1. The number of thiazole rings is 1. The van der Waals surface area contributed by atoms with Gasteiger partial charge in [0.25, 0.3) is 5.91 Å². The predicted octanol–water partition coefficient (Wildman–Crippen LogP) is 7.40. The third-order valence-electron chi connectivity index (χ3n) is 7.03. The van der Waals surface area contributed by atoms with Gasteiger partial charge in [-0.3, -0.25) is 14.5 Å². The smallest absolute Gasteiger partial charge is 0.296 e. The maximum atomic E-state index is 13.9. The van der Waals surface area contributed by atoms with E-state index < -0.39 is 23.5 Å². The number of ketones is 1. The van der Waals surface area contributed by atoms with Crippen LogP contribution in [0.3, 0.4) is 0 Å². The number of fused-ring (bicyclic) bond motifs is 2. The third kappa shape index (κ3) is 4.44. The Kier molecular flexibility index (Phi) is 6.10. The predicted molar refractivity (Wildman–Crippen MR) is 157 cm³/mol. The number of aliphatic hydroxyl groups is 1. The summed E-state index contributed by atoms with van der Waals surface area (Å²) in [4.78, 5) is 33.5. The van der Waals surface area contributed by atoms with Gasteiger partial charge in [0.05, 0.1) is 21.8 Å². The zero-order chi connectivity index (χ0) is 27.9. The SMILES string of the molecule is O=C(C1=C(O)C(=O)N(c2nc3ccccc3s2)C1c1ccc(OCc2ccccc2)cc1)c1cc2ccccc2o1. The van der Waals surface area contributed by atoms with Gasteiger partial charge < -0.3 is 14.3 Å². The van der Waals surface area contributed by atoms with Crippen molar-refractivity contribution in [3.8, 4) is 5.75 Å². The van der Waals surface area contributed by atoms with Crippen LogP contribution in [0.25, 0.3) is 21.2 Å². The van der Waals surface area contributed by atoms with Gasteiger partial charge in [0, 0.05) is 5.39 Å². The molecule has 6 aromatic rings. The highest BCUT2D eigenvalue weighted by Gasteiger charge is 2.46. The van der Waals surface area contributed by atoms with E-state index in [1.54, 1.807) is 36.4 Å². The minimum Gasteiger partial charge on any atom is -0.503 e. The van der Waals surface area contributed by atoms with Crippen LogP contribution in [0.5, 0.6) is 5.75 Å². The molecular formula is C33H22N2O5S. The molecule has 0 radical (unpaired) electrons. The molecule has 0 fully saturated rings. The number of furan rings is 1. The van der Waals surface area contributed by atoms with Gasteiger partial charge in [-0.25, -0.2) is 4.98 Å². The molecule has 0 saturated carbocycles. The number of rotatable bonds is 7. The number of amides is 1. The average Bonchev–Trinajstić information content (AvgIpc) is 3.70. The number of ether oxygens (including phenoxy) is 1. The van der Waals surface area contributed by atoms with Crippen LogP contribution in [0.15, 0.2) is 125 Å². The van der Waals surface area contributed by atoms with Gasteiger partial charge >= 0.3 is 0 Å². The van der Waals surface area contributed by atoms with Crippen molar-refractivity contribution in [3.63, 3.8) is 0 Å². The molecule has 0 aliphatic carbocycles. The molecule has 1 unspecified atom stereocenters. The largest absolute Gasteiger partial charge is 0.503 e. The summed E-state index contributed by atoms with van der Waals surface area (Å²) >= 11 is 1.32. The van der Waals surface area contributed by atoms with Crippen LogP contribution in [0.2, 0.25) is 0 Å². The van der Waals surface area contributed by atoms with E-state index in [-0.39, 0.29) is 11.3 Å². The van der Waals surface area contributed by atoms with Gasteiger partial charge in [0.15, 0.2) is 16.7 Å². The Morgan fingerprint density at radius 3 is 2.44 bits per heavy atom. The summed E-state index contributed by atoms with van der Waals surface area (Å²) in [5.41, 5.74) is 2.85. The summed E-state index contributed by atoms with van der Waals surface area (Å²) in [7, 11) is 0. The lowest BCUT2D eigenvalue weighted by Crippen LogP contribution is -2.30. The summed E-state index contributed by atoms with van der Waals surface area (Å²) in [6, 6.07) is 32.5. The van der Waals surface area contributed by atoms with Crippen LogP contribution in [-0.2, 0) is 11.4 Å². The van der Waals surface area contributed by atoms with Crippen molar-refractivity contribution in [3.05, 3.63) is 137 Å². The second kappa shape index (κ2) is 10.1. The lowest BCUT2D eigenvalue weighted by atomic mass is 9.95. The van der Waals surface area contributed by atoms with E-state index in [9.17, 15) is 14.7 Å². The minimum atomic E-state index is -0.924. The Hall–Kier alpha value is -5.21.